The van der Waals surface area contributed by atoms with Crippen LogP contribution in [0, 0.1) is 5.92 Å². The van der Waals surface area contributed by atoms with E-state index in [1.54, 1.807) is 16.6 Å². The summed E-state index contributed by atoms with van der Waals surface area (Å²) in [6.07, 6.45) is 1.84. The van der Waals surface area contributed by atoms with Crippen LogP contribution in [0.4, 0.5) is 5.95 Å². The third kappa shape index (κ3) is 4.85. The van der Waals surface area contributed by atoms with Crippen LogP contribution in [-0.2, 0) is 4.79 Å². The molecule has 0 aliphatic heterocycles. The molecule has 166 valence electrons. The second kappa shape index (κ2) is 9.12. The topological polar surface area (TPSA) is 97.6 Å². The maximum Gasteiger partial charge on any atom is 0.251 e. The molecule has 0 spiro atoms. The molecule has 1 aliphatic rings. The average Bonchev–Trinajstić information content (AvgIpc) is 3.62. The van der Waals surface area contributed by atoms with E-state index < -0.39 is 0 Å². The fraction of sp³-hybridized carbons (Fsp3) is 0.200. The fourth-order valence-corrected chi connectivity index (χ4v) is 3.48. The molecule has 0 saturated heterocycles. The number of ether oxygens (including phenoxy) is 1. The van der Waals surface area contributed by atoms with E-state index in [1.165, 1.54) is 0 Å². The molecular formula is C25H23N5O3. The second-order valence-electron chi connectivity index (χ2n) is 7.87. The van der Waals surface area contributed by atoms with Crippen molar-refractivity contribution in [2.24, 2.45) is 5.92 Å². The summed E-state index contributed by atoms with van der Waals surface area (Å²) in [5, 5.41) is 10.1. The van der Waals surface area contributed by atoms with Gasteiger partial charge in [0.1, 0.15) is 12.4 Å². The lowest BCUT2D eigenvalue weighted by Crippen LogP contribution is -2.28. The van der Waals surface area contributed by atoms with Gasteiger partial charge in [-0.05, 0) is 49.2 Å². The summed E-state index contributed by atoms with van der Waals surface area (Å²) in [5.41, 5.74) is 2.89. The highest BCUT2D eigenvalue weighted by Crippen LogP contribution is 2.30. The molecule has 0 radical (unpaired) electrons. The number of benzene rings is 2. The Bertz CT molecular complexity index is 1280. The minimum absolute atomic E-state index is 0.0306. The van der Waals surface area contributed by atoms with E-state index in [4.69, 9.17) is 4.74 Å². The van der Waals surface area contributed by atoms with Crippen molar-refractivity contribution in [1.29, 1.82) is 0 Å². The van der Waals surface area contributed by atoms with Crippen molar-refractivity contribution >= 4 is 23.4 Å². The first kappa shape index (κ1) is 20.7. The van der Waals surface area contributed by atoms with Crippen molar-refractivity contribution in [3.05, 3.63) is 78.4 Å². The summed E-state index contributed by atoms with van der Waals surface area (Å²) in [4.78, 5) is 28.9. The van der Waals surface area contributed by atoms with Crippen LogP contribution in [0.3, 0.4) is 0 Å². The van der Waals surface area contributed by atoms with E-state index >= 15 is 0 Å². The Labute approximate surface area is 190 Å². The van der Waals surface area contributed by atoms with Gasteiger partial charge in [0.05, 0.1) is 12.2 Å². The summed E-state index contributed by atoms with van der Waals surface area (Å²) in [6, 6.07) is 22.4. The summed E-state index contributed by atoms with van der Waals surface area (Å²) in [6.45, 7) is 0.796. The van der Waals surface area contributed by atoms with Gasteiger partial charge in [0, 0.05) is 17.0 Å². The standard InChI is InChI=1S/C25H23N5O3/c31-23(26-15-16-33-20-5-2-1-3-6-20)18-11-9-17(10-12-18)21-7-4-8-22-27-25(29-30(21)22)28-24(32)19-13-14-19/h1-12,19H,13-16H2,(H,26,31)(H,28,29,32). The van der Waals surface area contributed by atoms with Crippen molar-refractivity contribution < 1.29 is 14.3 Å². The minimum atomic E-state index is -0.165. The van der Waals surface area contributed by atoms with Gasteiger partial charge in [-0.2, -0.15) is 4.98 Å². The van der Waals surface area contributed by atoms with Crippen LogP contribution in [0.15, 0.2) is 72.8 Å². The molecule has 0 atom stereocenters. The number of aromatic nitrogens is 3. The number of fused-ring (bicyclic) bond motifs is 1. The number of carbonyl (C=O) groups is 2. The highest BCUT2D eigenvalue weighted by molar-refractivity contribution is 5.94. The number of nitrogens with one attached hydrogen (secondary N) is 2. The van der Waals surface area contributed by atoms with Crippen LogP contribution in [0.5, 0.6) is 5.75 Å². The number of para-hydroxylation sites is 1. The van der Waals surface area contributed by atoms with Crippen LogP contribution < -0.4 is 15.4 Å². The lowest BCUT2D eigenvalue weighted by Gasteiger charge is -2.09. The van der Waals surface area contributed by atoms with Gasteiger partial charge in [0.25, 0.3) is 5.91 Å². The van der Waals surface area contributed by atoms with Crippen LogP contribution >= 0.6 is 0 Å². The molecule has 5 rings (SSSR count). The highest BCUT2D eigenvalue weighted by atomic mass is 16.5. The largest absolute Gasteiger partial charge is 0.492 e. The third-order valence-corrected chi connectivity index (χ3v) is 5.39. The van der Waals surface area contributed by atoms with Crippen LogP contribution in [0.25, 0.3) is 16.9 Å². The molecule has 8 nitrogen and oxygen atoms in total. The lowest BCUT2D eigenvalue weighted by molar-refractivity contribution is -0.117. The van der Waals surface area contributed by atoms with E-state index in [-0.39, 0.29) is 17.7 Å². The number of hydrogen-bond donors (Lipinski definition) is 2. The third-order valence-electron chi connectivity index (χ3n) is 5.39. The van der Waals surface area contributed by atoms with Crippen LogP contribution in [0.2, 0.25) is 0 Å². The molecule has 33 heavy (non-hydrogen) atoms. The van der Waals surface area contributed by atoms with Gasteiger partial charge < -0.3 is 10.1 Å². The Kier molecular flexibility index (Phi) is 5.72. The number of anilines is 1. The molecule has 0 bridgehead atoms. The summed E-state index contributed by atoms with van der Waals surface area (Å²) >= 11 is 0. The predicted molar refractivity (Wildman–Crippen MR) is 124 cm³/mol. The smallest absolute Gasteiger partial charge is 0.251 e. The number of hydrogen-bond acceptors (Lipinski definition) is 5. The summed E-state index contributed by atoms with van der Waals surface area (Å²) in [7, 11) is 0. The zero-order valence-electron chi connectivity index (χ0n) is 17.9. The number of amides is 2. The van der Waals surface area contributed by atoms with E-state index in [1.807, 2.05) is 60.7 Å². The van der Waals surface area contributed by atoms with E-state index in [9.17, 15) is 9.59 Å². The molecule has 2 aromatic heterocycles. The zero-order chi connectivity index (χ0) is 22.6. The zero-order valence-corrected chi connectivity index (χ0v) is 17.9. The highest BCUT2D eigenvalue weighted by Gasteiger charge is 2.30. The van der Waals surface area contributed by atoms with Gasteiger partial charge in [-0.25, -0.2) is 4.52 Å². The molecule has 2 N–H and O–H groups in total. The van der Waals surface area contributed by atoms with Gasteiger partial charge in [-0.3, -0.25) is 14.9 Å². The molecule has 0 unspecified atom stereocenters. The van der Waals surface area contributed by atoms with Crippen molar-refractivity contribution in [2.45, 2.75) is 12.8 Å². The fourth-order valence-electron chi connectivity index (χ4n) is 3.48. The van der Waals surface area contributed by atoms with E-state index in [0.717, 1.165) is 29.8 Å². The summed E-state index contributed by atoms with van der Waals surface area (Å²) in [5.74, 6) is 0.959. The molecular weight excluding hydrogens is 418 g/mol. The SMILES string of the molecule is O=C(NCCOc1ccccc1)c1ccc(-c2cccc3nc(NC(=O)C4CC4)nn23)cc1. The quantitative estimate of drug-likeness (QED) is 0.408. The van der Waals surface area contributed by atoms with Gasteiger partial charge in [-0.1, -0.05) is 36.4 Å². The number of carbonyl (C=O) groups excluding carboxylic acids is 2. The van der Waals surface area contributed by atoms with Gasteiger partial charge >= 0.3 is 0 Å². The van der Waals surface area contributed by atoms with Crippen molar-refractivity contribution in [2.75, 3.05) is 18.5 Å². The molecule has 2 aromatic carbocycles. The maximum atomic E-state index is 12.4. The van der Waals surface area contributed by atoms with Gasteiger partial charge in [0.2, 0.25) is 11.9 Å². The van der Waals surface area contributed by atoms with Gasteiger partial charge in [-0.15, -0.1) is 5.10 Å². The number of nitrogens with zero attached hydrogens (tertiary/aromatic N) is 3. The Morgan fingerprint density at radius 2 is 1.76 bits per heavy atom. The van der Waals surface area contributed by atoms with Crippen LogP contribution in [-0.4, -0.2) is 39.6 Å². The molecule has 1 saturated carbocycles. The molecule has 4 aromatic rings. The predicted octanol–water partition coefficient (Wildman–Crippen LogP) is 3.55. The first-order valence-corrected chi connectivity index (χ1v) is 10.9. The average molecular weight is 441 g/mol. The van der Waals surface area contributed by atoms with Crippen molar-refractivity contribution in [3.63, 3.8) is 0 Å². The van der Waals surface area contributed by atoms with Crippen molar-refractivity contribution in [3.8, 4) is 17.0 Å². The first-order valence-electron chi connectivity index (χ1n) is 10.9. The normalized spacial score (nSPS) is 13.0. The first-order chi connectivity index (χ1) is 16.2. The van der Waals surface area contributed by atoms with Crippen LogP contribution in [0.1, 0.15) is 23.2 Å². The maximum absolute atomic E-state index is 12.4. The lowest BCUT2D eigenvalue weighted by atomic mass is 10.1. The van der Waals surface area contributed by atoms with E-state index in [2.05, 4.69) is 20.7 Å². The Balaban J connectivity index is 1.23. The molecule has 8 heteroatoms. The number of rotatable bonds is 8. The Morgan fingerprint density at radius 3 is 2.52 bits per heavy atom. The molecule has 1 fully saturated rings. The minimum Gasteiger partial charge on any atom is -0.492 e. The molecule has 2 heterocycles. The summed E-state index contributed by atoms with van der Waals surface area (Å²) < 4.78 is 7.29. The Hall–Kier alpha value is -4.20. The van der Waals surface area contributed by atoms with E-state index in [0.29, 0.717) is 30.3 Å². The molecule has 2 amide bonds. The second-order valence-corrected chi connectivity index (χ2v) is 7.87. The van der Waals surface area contributed by atoms with Gasteiger partial charge in [0.15, 0.2) is 5.65 Å². The monoisotopic (exact) mass is 441 g/mol. The Morgan fingerprint density at radius 1 is 0.970 bits per heavy atom. The number of pyridine rings is 1. The van der Waals surface area contributed by atoms with Crippen molar-refractivity contribution in [1.82, 2.24) is 19.9 Å². The molecule has 1 aliphatic carbocycles.